The van der Waals surface area contributed by atoms with Gasteiger partial charge in [-0.05, 0) is 24.5 Å². The van der Waals surface area contributed by atoms with Gasteiger partial charge in [0.2, 0.25) is 0 Å². The maximum atomic E-state index is 6.15. The Balaban J connectivity index is 1.61. The van der Waals surface area contributed by atoms with E-state index in [1.165, 1.54) is 18.4 Å². The van der Waals surface area contributed by atoms with Crippen LogP contribution in [0.1, 0.15) is 25.3 Å². The van der Waals surface area contributed by atoms with Crippen molar-refractivity contribution in [2.45, 2.75) is 36.9 Å². The van der Waals surface area contributed by atoms with Crippen LogP contribution in [-0.2, 0) is 10.5 Å². The predicted octanol–water partition coefficient (Wildman–Crippen LogP) is 3.73. The fraction of sp³-hybridized carbons (Fsp3) is 0.600. The van der Waals surface area contributed by atoms with Crippen LogP contribution in [0, 0.1) is 0 Å². The van der Waals surface area contributed by atoms with E-state index in [0.717, 1.165) is 30.5 Å². The van der Waals surface area contributed by atoms with E-state index in [9.17, 15) is 0 Å². The molecule has 1 aromatic rings. The van der Waals surface area contributed by atoms with Crippen molar-refractivity contribution in [1.82, 2.24) is 5.32 Å². The maximum absolute atomic E-state index is 6.15. The first-order chi connectivity index (χ1) is 9.25. The molecule has 19 heavy (non-hydrogen) atoms. The number of ether oxygens (including phenoxy) is 1. The van der Waals surface area contributed by atoms with Crippen molar-refractivity contribution < 1.29 is 4.74 Å². The van der Waals surface area contributed by atoms with Gasteiger partial charge in [0, 0.05) is 35.7 Å². The third-order valence-corrected chi connectivity index (χ3v) is 4.89. The molecule has 0 aromatic heterocycles. The van der Waals surface area contributed by atoms with Gasteiger partial charge in [-0.1, -0.05) is 36.7 Å². The molecule has 1 saturated heterocycles. The summed E-state index contributed by atoms with van der Waals surface area (Å²) in [6.45, 7) is 5.19. The summed E-state index contributed by atoms with van der Waals surface area (Å²) in [7, 11) is 0. The summed E-state index contributed by atoms with van der Waals surface area (Å²) in [5, 5.41) is 4.95. The molecule has 2 unspecified atom stereocenters. The summed E-state index contributed by atoms with van der Waals surface area (Å²) in [6.07, 6.45) is 2.85. The van der Waals surface area contributed by atoms with Gasteiger partial charge < -0.3 is 10.1 Å². The lowest BCUT2D eigenvalue weighted by molar-refractivity contribution is 0.110. The Hall–Kier alpha value is -0.220. The fourth-order valence-corrected chi connectivity index (χ4v) is 3.39. The molecule has 106 valence electrons. The van der Waals surface area contributed by atoms with Crippen molar-refractivity contribution in [2.75, 3.05) is 19.7 Å². The average Bonchev–Trinajstić information content (AvgIpc) is 2.91. The standard InChI is InChI=1S/C15H22ClNOS/c1-12(9-17-10-14-6-4-8-18-14)19-11-13-5-2-3-7-15(13)16/h2-3,5,7,12,14,17H,4,6,8-11H2,1H3. The van der Waals surface area contributed by atoms with E-state index in [4.69, 9.17) is 16.3 Å². The topological polar surface area (TPSA) is 21.3 Å². The first-order valence-corrected chi connectivity index (χ1v) is 8.35. The van der Waals surface area contributed by atoms with Gasteiger partial charge in [-0.25, -0.2) is 0 Å². The van der Waals surface area contributed by atoms with Gasteiger partial charge >= 0.3 is 0 Å². The first-order valence-electron chi connectivity index (χ1n) is 6.93. The van der Waals surface area contributed by atoms with Crippen LogP contribution in [-0.4, -0.2) is 31.1 Å². The minimum absolute atomic E-state index is 0.431. The lowest BCUT2D eigenvalue weighted by atomic mass is 10.2. The highest BCUT2D eigenvalue weighted by Crippen LogP contribution is 2.23. The number of thioether (sulfide) groups is 1. The molecule has 1 aliphatic rings. The van der Waals surface area contributed by atoms with Crippen LogP contribution in [0.2, 0.25) is 5.02 Å². The Bertz CT molecular complexity index is 382. The van der Waals surface area contributed by atoms with E-state index >= 15 is 0 Å². The molecule has 1 heterocycles. The molecule has 2 rings (SSSR count). The van der Waals surface area contributed by atoms with Crippen LogP contribution in [0.15, 0.2) is 24.3 Å². The summed E-state index contributed by atoms with van der Waals surface area (Å²) in [5.74, 6) is 0.975. The number of rotatable bonds is 7. The zero-order valence-corrected chi connectivity index (χ0v) is 13.0. The second-order valence-electron chi connectivity index (χ2n) is 5.01. The van der Waals surface area contributed by atoms with Gasteiger partial charge in [-0.3, -0.25) is 0 Å². The van der Waals surface area contributed by atoms with E-state index in [-0.39, 0.29) is 0 Å². The number of halogens is 1. The summed E-state index contributed by atoms with van der Waals surface area (Å²) in [4.78, 5) is 0. The van der Waals surface area contributed by atoms with Crippen LogP contribution in [0.3, 0.4) is 0 Å². The molecule has 0 aliphatic carbocycles. The summed E-state index contributed by atoms with van der Waals surface area (Å²) in [5.41, 5.74) is 1.22. The van der Waals surface area contributed by atoms with Crippen molar-refractivity contribution >= 4 is 23.4 Å². The molecule has 1 fully saturated rings. The summed E-state index contributed by atoms with van der Waals surface area (Å²) < 4.78 is 5.59. The lowest BCUT2D eigenvalue weighted by Crippen LogP contribution is -2.30. The predicted molar refractivity (Wildman–Crippen MR) is 84.1 cm³/mol. The molecule has 0 bridgehead atoms. The Labute approximate surface area is 125 Å². The highest BCUT2D eigenvalue weighted by Gasteiger charge is 2.15. The van der Waals surface area contributed by atoms with E-state index in [1.54, 1.807) is 0 Å². The van der Waals surface area contributed by atoms with Gasteiger partial charge in [0.05, 0.1) is 6.10 Å². The molecule has 0 radical (unpaired) electrons. The van der Waals surface area contributed by atoms with Crippen molar-refractivity contribution in [3.63, 3.8) is 0 Å². The van der Waals surface area contributed by atoms with E-state index in [2.05, 4.69) is 18.3 Å². The van der Waals surface area contributed by atoms with E-state index in [0.29, 0.717) is 11.4 Å². The van der Waals surface area contributed by atoms with Crippen LogP contribution in [0.4, 0.5) is 0 Å². The summed E-state index contributed by atoms with van der Waals surface area (Å²) >= 11 is 8.09. The minimum Gasteiger partial charge on any atom is -0.377 e. The Morgan fingerprint density at radius 1 is 1.47 bits per heavy atom. The van der Waals surface area contributed by atoms with E-state index in [1.807, 2.05) is 30.0 Å². The molecule has 2 nitrogen and oxygen atoms in total. The van der Waals surface area contributed by atoms with E-state index < -0.39 is 0 Å². The highest BCUT2D eigenvalue weighted by molar-refractivity contribution is 7.99. The quantitative estimate of drug-likeness (QED) is 0.829. The molecule has 0 amide bonds. The summed E-state index contributed by atoms with van der Waals surface area (Å²) in [6, 6.07) is 8.07. The molecule has 1 aromatic carbocycles. The molecule has 4 heteroatoms. The van der Waals surface area contributed by atoms with Gasteiger partial charge in [0.1, 0.15) is 0 Å². The second-order valence-corrected chi connectivity index (χ2v) is 6.84. The highest BCUT2D eigenvalue weighted by atomic mass is 35.5. The van der Waals surface area contributed by atoms with Crippen molar-refractivity contribution in [1.29, 1.82) is 0 Å². The molecule has 2 atom stereocenters. The number of benzene rings is 1. The van der Waals surface area contributed by atoms with Crippen LogP contribution < -0.4 is 5.32 Å². The maximum Gasteiger partial charge on any atom is 0.0700 e. The number of nitrogens with one attached hydrogen (secondary N) is 1. The van der Waals surface area contributed by atoms with Crippen LogP contribution >= 0.6 is 23.4 Å². The Morgan fingerprint density at radius 2 is 2.32 bits per heavy atom. The van der Waals surface area contributed by atoms with Crippen LogP contribution in [0.5, 0.6) is 0 Å². The molecular weight excluding hydrogens is 278 g/mol. The molecule has 1 aliphatic heterocycles. The third-order valence-electron chi connectivity index (χ3n) is 3.31. The lowest BCUT2D eigenvalue weighted by Gasteiger charge is -2.15. The molecule has 1 N–H and O–H groups in total. The monoisotopic (exact) mass is 299 g/mol. The average molecular weight is 300 g/mol. The first kappa shape index (κ1) is 15.2. The SMILES string of the molecule is CC(CNCC1CCCO1)SCc1ccccc1Cl. The second kappa shape index (κ2) is 8.15. The van der Waals surface area contributed by atoms with Crippen LogP contribution in [0.25, 0.3) is 0 Å². The Morgan fingerprint density at radius 3 is 3.05 bits per heavy atom. The van der Waals surface area contributed by atoms with Crippen molar-refractivity contribution in [2.24, 2.45) is 0 Å². The Kier molecular flexibility index (Phi) is 6.51. The largest absolute Gasteiger partial charge is 0.377 e. The molecule has 0 spiro atoms. The third kappa shape index (κ3) is 5.35. The number of hydrogen-bond acceptors (Lipinski definition) is 3. The van der Waals surface area contributed by atoms with Crippen molar-refractivity contribution in [3.8, 4) is 0 Å². The van der Waals surface area contributed by atoms with Gasteiger partial charge in [0.15, 0.2) is 0 Å². The zero-order chi connectivity index (χ0) is 13.5. The smallest absolute Gasteiger partial charge is 0.0700 e. The normalized spacial score (nSPS) is 20.6. The van der Waals surface area contributed by atoms with Gasteiger partial charge in [0.25, 0.3) is 0 Å². The van der Waals surface area contributed by atoms with Gasteiger partial charge in [-0.2, -0.15) is 11.8 Å². The minimum atomic E-state index is 0.431. The number of hydrogen-bond donors (Lipinski definition) is 1. The zero-order valence-electron chi connectivity index (χ0n) is 11.4. The molecule has 0 saturated carbocycles. The van der Waals surface area contributed by atoms with Gasteiger partial charge in [-0.15, -0.1) is 0 Å². The molecular formula is C15H22ClNOS. The fourth-order valence-electron chi connectivity index (χ4n) is 2.16. The van der Waals surface area contributed by atoms with Crippen molar-refractivity contribution in [3.05, 3.63) is 34.9 Å².